The Morgan fingerprint density at radius 3 is 2.74 bits per heavy atom. The molecule has 0 aliphatic rings. The van der Waals surface area contributed by atoms with Crippen molar-refractivity contribution in [1.29, 1.82) is 5.26 Å². The van der Waals surface area contributed by atoms with Gasteiger partial charge in [0.05, 0.1) is 10.6 Å². The SMILES string of the molecule is Cc1ccc(C=Nc2n[nH]c(Cc3ccc(Cl)cc3)c2C#N)cc1[N+](=O)[O-]. The molecule has 0 radical (unpaired) electrons. The number of nitro groups is 1. The average Bonchev–Trinajstić information content (AvgIpc) is 3.04. The smallest absolute Gasteiger partial charge is 0.272 e. The van der Waals surface area contributed by atoms with E-state index >= 15 is 0 Å². The maximum Gasteiger partial charge on any atom is 0.272 e. The van der Waals surface area contributed by atoms with Crippen LogP contribution in [-0.2, 0) is 6.42 Å². The predicted octanol–water partition coefficient (Wildman–Crippen LogP) is 4.49. The molecule has 1 N–H and O–H groups in total. The van der Waals surface area contributed by atoms with Crippen LogP contribution in [0.5, 0.6) is 0 Å². The third kappa shape index (κ3) is 4.19. The summed E-state index contributed by atoms with van der Waals surface area (Å²) in [5.74, 6) is 0.240. The minimum atomic E-state index is -0.438. The fourth-order valence-corrected chi connectivity index (χ4v) is 2.68. The molecule has 2 aromatic carbocycles. The number of benzene rings is 2. The van der Waals surface area contributed by atoms with Crippen LogP contribution >= 0.6 is 11.6 Å². The number of aryl methyl sites for hydroxylation is 1. The monoisotopic (exact) mass is 379 g/mol. The zero-order valence-electron chi connectivity index (χ0n) is 14.3. The van der Waals surface area contributed by atoms with Gasteiger partial charge >= 0.3 is 0 Å². The van der Waals surface area contributed by atoms with E-state index in [0.717, 1.165) is 5.56 Å². The quantitative estimate of drug-likeness (QED) is 0.400. The number of hydrogen-bond donors (Lipinski definition) is 1. The molecule has 8 heteroatoms. The zero-order chi connectivity index (χ0) is 19.4. The highest BCUT2D eigenvalue weighted by atomic mass is 35.5. The van der Waals surface area contributed by atoms with E-state index in [1.54, 1.807) is 31.2 Å². The number of aromatic amines is 1. The lowest BCUT2D eigenvalue weighted by molar-refractivity contribution is -0.385. The summed E-state index contributed by atoms with van der Waals surface area (Å²) in [6, 6.07) is 14.2. The fraction of sp³-hybridized carbons (Fsp3) is 0.105. The van der Waals surface area contributed by atoms with Crippen LogP contribution in [0.25, 0.3) is 0 Å². The second-order valence-electron chi connectivity index (χ2n) is 5.88. The second-order valence-corrected chi connectivity index (χ2v) is 6.31. The number of nitriles is 1. The van der Waals surface area contributed by atoms with Gasteiger partial charge in [0.15, 0.2) is 5.82 Å². The Morgan fingerprint density at radius 2 is 2.07 bits per heavy atom. The standard InChI is InChI=1S/C19H14ClN5O2/c1-12-2-3-14(9-18(12)25(26)27)11-22-19-16(10-21)17(23-24-19)8-13-4-6-15(20)7-5-13/h2-7,9,11H,8H2,1H3,(H,23,24). The summed E-state index contributed by atoms with van der Waals surface area (Å²) < 4.78 is 0. The highest BCUT2D eigenvalue weighted by Gasteiger charge is 2.13. The molecule has 27 heavy (non-hydrogen) atoms. The van der Waals surface area contributed by atoms with Crippen LogP contribution in [-0.4, -0.2) is 21.3 Å². The van der Waals surface area contributed by atoms with Crippen LogP contribution in [0.1, 0.15) is 27.9 Å². The molecule has 0 fully saturated rings. The van der Waals surface area contributed by atoms with Gasteiger partial charge in [0, 0.05) is 29.3 Å². The van der Waals surface area contributed by atoms with E-state index in [2.05, 4.69) is 21.3 Å². The predicted molar refractivity (Wildman–Crippen MR) is 103 cm³/mol. The van der Waals surface area contributed by atoms with Crippen molar-refractivity contribution in [3.63, 3.8) is 0 Å². The van der Waals surface area contributed by atoms with Gasteiger partial charge in [-0.1, -0.05) is 35.9 Å². The molecule has 0 unspecified atom stereocenters. The number of aliphatic imine (C=N–C) groups is 1. The minimum absolute atomic E-state index is 0.0184. The van der Waals surface area contributed by atoms with Crippen molar-refractivity contribution < 1.29 is 4.92 Å². The van der Waals surface area contributed by atoms with Crippen LogP contribution in [0.2, 0.25) is 5.02 Å². The first-order chi connectivity index (χ1) is 13.0. The summed E-state index contributed by atoms with van der Waals surface area (Å²) in [6.07, 6.45) is 1.94. The van der Waals surface area contributed by atoms with Gasteiger partial charge in [-0.25, -0.2) is 4.99 Å². The number of nitrogens with zero attached hydrogens (tertiary/aromatic N) is 4. The van der Waals surface area contributed by atoms with Crippen LogP contribution in [0.3, 0.4) is 0 Å². The molecule has 0 spiro atoms. The molecule has 134 valence electrons. The van der Waals surface area contributed by atoms with Gasteiger partial charge in [-0.05, 0) is 30.2 Å². The summed E-state index contributed by atoms with van der Waals surface area (Å²) >= 11 is 5.88. The van der Waals surface area contributed by atoms with Crippen molar-refractivity contribution >= 4 is 29.3 Å². The molecule has 1 heterocycles. The van der Waals surface area contributed by atoms with Gasteiger partial charge in [0.25, 0.3) is 5.69 Å². The van der Waals surface area contributed by atoms with Crippen LogP contribution in [0.4, 0.5) is 11.5 Å². The Hall–Kier alpha value is -3.50. The van der Waals surface area contributed by atoms with Crippen LogP contribution in [0.15, 0.2) is 47.5 Å². The molecule has 0 saturated heterocycles. The summed E-state index contributed by atoms with van der Waals surface area (Å²) in [7, 11) is 0. The number of nitrogens with one attached hydrogen (secondary N) is 1. The number of halogens is 1. The number of aromatic nitrogens is 2. The molecular weight excluding hydrogens is 366 g/mol. The largest absolute Gasteiger partial charge is 0.279 e. The summed E-state index contributed by atoms with van der Waals surface area (Å²) in [5.41, 5.74) is 3.09. The number of hydrogen-bond acceptors (Lipinski definition) is 5. The molecule has 3 aromatic rings. The lowest BCUT2D eigenvalue weighted by atomic mass is 10.1. The Bertz CT molecular complexity index is 1060. The van der Waals surface area contributed by atoms with E-state index in [-0.39, 0.29) is 11.5 Å². The summed E-state index contributed by atoms with van der Waals surface area (Å²) in [6.45, 7) is 1.67. The fourth-order valence-electron chi connectivity index (χ4n) is 2.55. The third-order valence-electron chi connectivity index (χ3n) is 3.99. The first-order valence-electron chi connectivity index (χ1n) is 7.99. The molecule has 0 aliphatic heterocycles. The van der Waals surface area contributed by atoms with Crippen molar-refractivity contribution in [2.24, 2.45) is 4.99 Å². The zero-order valence-corrected chi connectivity index (χ0v) is 15.1. The lowest BCUT2D eigenvalue weighted by Gasteiger charge is -2.00. The first kappa shape index (κ1) is 18.3. The molecular formula is C19H14ClN5O2. The Labute approximate surface area is 160 Å². The van der Waals surface area contributed by atoms with Crippen molar-refractivity contribution in [2.45, 2.75) is 13.3 Å². The van der Waals surface area contributed by atoms with Crippen LogP contribution in [0, 0.1) is 28.4 Å². The maximum absolute atomic E-state index is 11.0. The number of nitro benzene ring substituents is 1. The Balaban J connectivity index is 1.86. The molecule has 0 saturated carbocycles. The van der Waals surface area contributed by atoms with E-state index in [0.29, 0.717) is 33.8 Å². The Kier molecular flexibility index (Phi) is 5.29. The number of H-pyrrole nitrogens is 1. The van der Waals surface area contributed by atoms with E-state index in [4.69, 9.17) is 11.6 Å². The van der Waals surface area contributed by atoms with E-state index in [9.17, 15) is 15.4 Å². The number of rotatable bonds is 5. The molecule has 0 atom stereocenters. The average molecular weight is 380 g/mol. The van der Waals surface area contributed by atoms with Gasteiger partial charge in [-0.2, -0.15) is 10.4 Å². The van der Waals surface area contributed by atoms with Gasteiger partial charge < -0.3 is 0 Å². The summed E-state index contributed by atoms with van der Waals surface area (Å²) in [5, 5.41) is 28.1. The van der Waals surface area contributed by atoms with Crippen molar-refractivity contribution in [3.8, 4) is 6.07 Å². The lowest BCUT2D eigenvalue weighted by Crippen LogP contribution is -1.93. The van der Waals surface area contributed by atoms with Gasteiger partial charge in [0.2, 0.25) is 0 Å². The molecule has 3 rings (SSSR count). The molecule has 1 aromatic heterocycles. The highest BCUT2D eigenvalue weighted by Crippen LogP contribution is 2.23. The maximum atomic E-state index is 11.0. The molecule has 0 bridgehead atoms. The molecule has 0 amide bonds. The third-order valence-corrected chi connectivity index (χ3v) is 4.25. The van der Waals surface area contributed by atoms with E-state index < -0.39 is 4.92 Å². The molecule has 7 nitrogen and oxygen atoms in total. The normalized spacial score (nSPS) is 10.9. The highest BCUT2D eigenvalue weighted by molar-refractivity contribution is 6.30. The summed E-state index contributed by atoms with van der Waals surface area (Å²) in [4.78, 5) is 14.8. The topological polar surface area (TPSA) is 108 Å². The molecule has 0 aliphatic carbocycles. The van der Waals surface area contributed by atoms with Crippen molar-refractivity contribution in [1.82, 2.24) is 10.2 Å². The van der Waals surface area contributed by atoms with E-state index in [1.165, 1.54) is 12.3 Å². The van der Waals surface area contributed by atoms with Crippen molar-refractivity contribution in [2.75, 3.05) is 0 Å². The minimum Gasteiger partial charge on any atom is -0.279 e. The van der Waals surface area contributed by atoms with Gasteiger partial charge in [-0.15, -0.1) is 0 Å². The Morgan fingerprint density at radius 1 is 1.33 bits per heavy atom. The van der Waals surface area contributed by atoms with Gasteiger partial charge in [0.1, 0.15) is 11.6 Å². The van der Waals surface area contributed by atoms with E-state index in [1.807, 2.05) is 12.1 Å². The van der Waals surface area contributed by atoms with Crippen LogP contribution < -0.4 is 0 Å². The van der Waals surface area contributed by atoms with Crippen molar-refractivity contribution in [3.05, 3.63) is 85.5 Å². The second kappa shape index (κ2) is 7.81. The first-order valence-corrected chi connectivity index (χ1v) is 8.36. The van der Waals surface area contributed by atoms with Gasteiger partial charge in [-0.3, -0.25) is 15.2 Å².